The zero-order valence-corrected chi connectivity index (χ0v) is 18.3. The van der Waals surface area contributed by atoms with Crippen LogP contribution in [0.4, 0.5) is 23.4 Å². The fourth-order valence-electron chi connectivity index (χ4n) is 2.82. The molecule has 2 unspecified atom stereocenters. The first-order chi connectivity index (χ1) is 14.3. The number of halogens is 6. The minimum Gasteiger partial charge on any atom is -0.354 e. The molecule has 2 heterocycles. The third kappa shape index (κ3) is 5.10. The Bertz CT molecular complexity index is 1240. The molecule has 31 heavy (non-hydrogen) atoms. The predicted molar refractivity (Wildman–Crippen MR) is 110 cm³/mol. The maximum Gasteiger partial charge on any atom is 0.417 e. The number of imidazole rings is 1. The summed E-state index contributed by atoms with van der Waals surface area (Å²) in [6.45, 7) is 1.56. The van der Waals surface area contributed by atoms with Gasteiger partial charge >= 0.3 is 6.18 Å². The van der Waals surface area contributed by atoms with Crippen LogP contribution >= 0.6 is 23.2 Å². The number of hydrogen-bond acceptors (Lipinski definition) is 5. The normalized spacial score (nSPS) is 14.8. The van der Waals surface area contributed by atoms with Gasteiger partial charge in [-0.3, -0.25) is 0 Å². The number of H-pyrrole nitrogens is 1. The van der Waals surface area contributed by atoms with Gasteiger partial charge < -0.3 is 10.3 Å². The van der Waals surface area contributed by atoms with Crippen molar-refractivity contribution in [1.29, 1.82) is 4.78 Å². The Balaban J connectivity index is 2.10. The largest absolute Gasteiger partial charge is 0.417 e. The second kappa shape index (κ2) is 8.29. The van der Waals surface area contributed by atoms with Crippen LogP contribution in [0.1, 0.15) is 28.7 Å². The highest BCUT2D eigenvalue weighted by Crippen LogP contribution is 2.33. The summed E-state index contributed by atoms with van der Waals surface area (Å²) in [6.07, 6.45) is -3.06. The molecule has 2 atom stereocenters. The molecule has 0 bridgehead atoms. The lowest BCUT2D eigenvalue weighted by Gasteiger charge is -2.19. The number of nitrogens with zero attached hydrogens (tertiary/aromatic N) is 2. The van der Waals surface area contributed by atoms with E-state index >= 15 is 0 Å². The summed E-state index contributed by atoms with van der Waals surface area (Å²) in [5.41, 5.74) is -0.466. The van der Waals surface area contributed by atoms with Gasteiger partial charge in [-0.05, 0) is 30.7 Å². The van der Waals surface area contributed by atoms with Crippen LogP contribution in [0.3, 0.4) is 0 Å². The first kappa shape index (κ1) is 23.3. The highest BCUT2D eigenvalue weighted by Gasteiger charge is 2.32. The molecular formula is C18H15Cl2F4N5OS. The fraction of sp³-hybridized carbons (Fsp3) is 0.222. The van der Waals surface area contributed by atoms with Crippen LogP contribution in [-0.4, -0.2) is 25.4 Å². The predicted octanol–water partition coefficient (Wildman–Crippen LogP) is 5.81. The average molecular weight is 496 g/mol. The van der Waals surface area contributed by atoms with Crippen molar-refractivity contribution < 1.29 is 21.8 Å². The third-order valence-corrected chi connectivity index (χ3v) is 6.10. The van der Waals surface area contributed by atoms with E-state index in [0.29, 0.717) is 23.5 Å². The molecule has 1 aromatic carbocycles. The maximum absolute atomic E-state index is 14.4. The number of aromatic amines is 1. The van der Waals surface area contributed by atoms with Crippen LogP contribution in [0.5, 0.6) is 0 Å². The van der Waals surface area contributed by atoms with Gasteiger partial charge in [-0.1, -0.05) is 29.3 Å². The molecule has 3 aromatic rings. The van der Waals surface area contributed by atoms with Crippen LogP contribution < -0.4 is 5.32 Å². The average Bonchev–Trinajstić information content (AvgIpc) is 3.04. The third-order valence-electron chi connectivity index (χ3n) is 4.23. The second-order valence-corrected chi connectivity index (χ2v) is 9.59. The number of hydrogen-bond donors (Lipinski definition) is 3. The van der Waals surface area contributed by atoms with Crippen LogP contribution in [0.15, 0.2) is 35.5 Å². The van der Waals surface area contributed by atoms with Crippen molar-refractivity contribution in [3.8, 4) is 0 Å². The molecule has 2 aromatic heterocycles. The molecule has 0 aliphatic carbocycles. The number of anilines is 1. The highest BCUT2D eigenvalue weighted by molar-refractivity contribution is 7.91. The number of alkyl halides is 3. The summed E-state index contributed by atoms with van der Waals surface area (Å²) in [4.78, 5) is 10.6. The van der Waals surface area contributed by atoms with E-state index in [1.54, 1.807) is 13.0 Å². The molecule has 0 aliphatic rings. The highest BCUT2D eigenvalue weighted by atomic mass is 35.5. The lowest BCUT2D eigenvalue weighted by Crippen LogP contribution is -2.17. The van der Waals surface area contributed by atoms with Crippen molar-refractivity contribution in [2.45, 2.75) is 24.2 Å². The van der Waals surface area contributed by atoms with Crippen LogP contribution in [0, 0.1) is 17.5 Å². The molecule has 0 saturated heterocycles. The molecule has 0 fully saturated rings. The first-order valence-corrected chi connectivity index (χ1v) is 11.2. The van der Waals surface area contributed by atoms with E-state index in [-0.39, 0.29) is 20.9 Å². The van der Waals surface area contributed by atoms with E-state index in [1.807, 2.05) is 0 Å². The van der Waals surface area contributed by atoms with Crippen molar-refractivity contribution in [2.24, 2.45) is 0 Å². The molecule has 3 N–H and O–H groups in total. The van der Waals surface area contributed by atoms with Crippen LogP contribution in [0.2, 0.25) is 10.0 Å². The SMILES string of the molecule is Cc1[nH]c(C(Nc2ncc(C(F)(F)F)cc2F)c2ccc(Cl)c(Cl)c2)nc1S(C)(=N)=O. The maximum atomic E-state index is 14.4. The second-order valence-electron chi connectivity index (χ2n) is 6.70. The van der Waals surface area contributed by atoms with Crippen molar-refractivity contribution in [1.82, 2.24) is 15.0 Å². The van der Waals surface area contributed by atoms with E-state index in [4.69, 9.17) is 28.0 Å². The van der Waals surface area contributed by atoms with Gasteiger partial charge in [-0.2, -0.15) is 13.2 Å². The van der Waals surface area contributed by atoms with Gasteiger partial charge in [-0.15, -0.1) is 0 Å². The lowest BCUT2D eigenvalue weighted by atomic mass is 10.1. The van der Waals surface area contributed by atoms with Crippen LogP contribution in [-0.2, 0) is 15.9 Å². The molecule has 166 valence electrons. The van der Waals surface area contributed by atoms with E-state index in [0.717, 1.165) is 0 Å². The van der Waals surface area contributed by atoms with Gasteiger partial charge in [0.15, 0.2) is 16.7 Å². The molecule has 0 aliphatic heterocycles. The van der Waals surface area contributed by atoms with Crippen molar-refractivity contribution in [2.75, 3.05) is 11.6 Å². The molecule has 0 radical (unpaired) electrons. The van der Waals surface area contributed by atoms with Gasteiger partial charge in [0.1, 0.15) is 11.9 Å². The Morgan fingerprint density at radius 1 is 1.23 bits per heavy atom. The number of aryl methyl sites for hydroxylation is 1. The molecule has 0 amide bonds. The van der Waals surface area contributed by atoms with E-state index in [1.165, 1.54) is 18.4 Å². The van der Waals surface area contributed by atoms with E-state index < -0.39 is 39.1 Å². The molecule has 3 rings (SSSR count). The molecular weight excluding hydrogens is 481 g/mol. The zero-order chi connectivity index (χ0) is 23.1. The van der Waals surface area contributed by atoms with E-state index in [9.17, 15) is 21.8 Å². The van der Waals surface area contributed by atoms with Crippen LogP contribution in [0.25, 0.3) is 0 Å². The zero-order valence-electron chi connectivity index (χ0n) is 15.9. The lowest BCUT2D eigenvalue weighted by molar-refractivity contribution is -0.138. The number of aromatic nitrogens is 3. The summed E-state index contributed by atoms with van der Waals surface area (Å²) in [5, 5.41) is 3.12. The van der Waals surface area contributed by atoms with Crippen molar-refractivity contribution >= 4 is 38.7 Å². The van der Waals surface area contributed by atoms with Gasteiger partial charge in [0.05, 0.1) is 25.3 Å². The van der Waals surface area contributed by atoms with Crippen molar-refractivity contribution in [3.63, 3.8) is 0 Å². The Morgan fingerprint density at radius 2 is 1.90 bits per heavy atom. The quantitative estimate of drug-likeness (QED) is 0.389. The number of benzene rings is 1. The van der Waals surface area contributed by atoms with Crippen molar-refractivity contribution in [3.05, 3.63) is 69.0 Å². The van der Waals surface area contributed by atoms with Gasteiger partial charge in [0.2, 0.25) is 0 Å². The number of pyridine rings is 1. The Kier molecular flexibility index (Phi) is 6.23. The molecule has 13 heteroatoms. The summed E-state index contributed by atoms with van der Waals surface area (Å²) in [7, 11) is -3.18. The topological polar surface area (TPSA) is 94.5 Å². The Labute approximate surface area is 185 Å². The molecule has 0 saturated carbocycles. The number of rotatable bonds is 5. The Morgan fingerprint density at radius 3 is 2.42 bits per heavy atom. The van der Waals surface area contributed by atoms with E-state index in [2.05, 4.69) is 20.3 Å². The summed E-state index contributed by atoms with van der Waals surface area (Å²) in [5.74, 6) is -1.57. The fourth-order valence-corrected chi connectivity index (χ4v) is 4.03. The van der Waals surface area contributed by atoms with Gasteiger partial charge in [-0.25, -0.2) is 23.3 Å². The monoisotopic (exact) mass is 495 g/mol. The molecule has 0 spiro atoms. The summed E-state index contributed by atoms with van der Waals surface area (Å²) < 4.78 is 72.8. The minimum atomic E-state index is -4.75. The summed E-state index contributed by atoms with van der Waals surface area (Å²) >= 11 is 12.0. The first-order valence-electron chi connectivity index (χ1n) is 8.52. The molecule has 6 nitrogen and oxygen atoms in total. The summed E-state index contributed by atoms with van der Waals surface area (Å²) in [6, 6.07) is 3.83. The smallest absolute Gasteiger partial charge is 0.354 e. The Hall–Kier alpha value is -2.37. The minimum absolute atomic E-state index is 0.00443. The standard InChI is InChI=1S/C18H15Cl2F4N5OS/c1-8-17(31(2,25)30)29-16(27-8)14(9-3-4-11(19)12(20)5-9)28-15-13(21)6-10(7-26-15)18(22,23)24/h3-7,14,25H,1-2H3,(H,26,28)(H,27,29). The number of nitrogens with one attached hydrogen (secondary N) is 3. The van der Waals surface area contributed by atoms with Gasteiger partial charge in [0.25, 0.3) is 0 Å². The van der Waals surface area contributed by atoms with Gasteiger partial charge in [0, 0.05) is 18.1 Å².